The summed E-state index contributed by atoms with van der Waals surface area (Å²) >= 11 is 5.93. The van der Waals surface area contributed by atoms with Crippen LogP contribution in [0.4, 0.5) is 15.8 Å². The maximum Gasteiger partial charge on any atom is 0.275 e. The highest BCUT2D eigenvalue weighted by Crippen LogP contribution is 2.17. The molecule has 1 aromatic heterocycles. The highest BCUT2D eigenvalue weighted by Gasteiger charge is 2.12. The molecule has 1 heterocycles. The van der Waals surface area contributed by atoms with Gasteiger partial charge in [-0.1, -0.05) is 41.9 Å². The molecule has 0 saturated carbocycles. The molecule has 2 amide bonds. The van der Waals surface area contributed by atoms with Crippen LogP contribution in [0.3, 0.4) is 0 Å². The number of carbonyl (C=O) groups is 2. The summed E-state index contributed by atoms with van der Waals surface area (Å²) in [6.07, 6.45) is 3.22. The summed E-state index contributed by atoms with van der Waals surface area (Å²) < 4.78 is 15.5. The Balaban J connectivity index is 1.37. The molecule has 32 heavy (non-hydrogen) atoms. The number of halogens is 2. The van der Waals surface area contributed by atoms with Crippen molar-refractivity contribution < 1.29 is 14.0 Å². The number of hydrogen-bond donors (Lipinski definition) is 2. The topological polar surface area (TPSA) is 76.0 Å². The first-order chi connectivity index (χ1) is 15.5. The number of anilines is 2. The Kier molecular flexibility index (Phi) is 6.28. The van der Waals surface area contributed by atoms with Crippen molar-refractivity contribution in [1.82, 2.24) is 9.55 Å². The summed E-state index contributed by atoms with van der Waals surface area (Å²) in [5.74, 6) is -1.42. The second-order valence-corrected chi connectivity index (χ2v) is 7.46. The Hall–Kier alpha value is -3.97. The Labute approximate surface area is 188 Å². The zero-order valence-corrected chi connectivity index (χ0v) is 17.5. The first-order valence-corrected chi connectivity index (χ1v) is 10.1. The predicted octanol–water partition coefficient (Wildman–Crippen LogP) is 5.23. The second kappa shape index (κ2) is 9.45. The molecule has 8 heteroatoms. The third-order valence-corrected chi connectivity index (χ3v) is 4.88. The van der Waals surface area contributed by atoms with Gasteiger partial charge in [0.05, 0.1) is 11.9 Å². The summed E-state index contributed by atoms with van der Waals surface area (Å²) in [6, 6.07) is 19.8. The van der Waals surface area contributed by atoms with Gasteiger partial charge in [0, 0.05) is 29.1 Å². The maximum atomic E-state index is 13.7. The number of amides is 2. The van der Waals surface area contributed by atoms with Gasteiger partial charge in [-0.3, -0.25) is 9.59 Å². The lowest BCUT2D eigenvalue weighted by Gasteiger charge is -2.08. The van der Waals surface area contributed by atoms with E-state index < -0.39 is 11.7 Å². The average Bonchev–Trinajstić information content (AvgIpc) is 3.24. The van der Waals surface area contributed by atoms with Crippen molar-refractivity contribution in [2.45, 2.75) is 6.54 Å². The number of hydrogen-bond acceptors (Lipinski definition) is 3. The van der Waals surface area contributed by atoms with Crippen molar-refractivity contribution in [2.24, 2.45) is 0 Å². The SMILES string of the molecule is O=C(Nc1cccc(Cl)c1)c1cn(Cc2ccc(NC(=O)c3ccccc3F)cc2)cn1. The van der Waals surface area contributed by atoms with E-state index in [4.69, 9.17) is 11.6 Å². The molecule has 2 N–H and O–H groups in total. The highest BCUT2D eigenvalue weighted by atomic mass is 35.5. The second-order valence-electron chi connectivity index (χ2n) is 7.03. The first kappa shape index (κ1) is 21.3. The fourth-order valence-electron chi connectivity index (χ4n) is 3.07. The molecule has 6 nitrogen and oxygen atoms in total. The number of aromatic nitrogens is 2. The molecule has 4 aromatic rings. The number of imidazole rings is 1. The highest BCUT2D eigenvalue weighted by molar-refractivity contribution is 6.30. The molecule has 0 bridgehead atoms. The van der Waals surface area contributed by atoms with Gasteiger partial charge in [0.1, 0.15) is 11.5 Å². The minimum absolute atomic E-state index is 0.0152. The van der Waals surface area contributed by atoms with E-state index in [-0.39, 0.29) is 17.2 Å². The van der Waals surface area contributed by atoms with Gasteiger partial charge in [0.2, 0.25) is 0 Å². The molecule has 0 saturated heterocycles. The molecule has 0 unspecified atom stereocenters. The Morgan fingerprint density at radius 3 is 2.41 bits per heavy atom. The molecule has 0 aliphatic rings. The molecule has 0 aliphatic heterocycles. The van der Waals surface area contributed by atoms with Crippen LogP contribution in [0.15, 0.2) is 85.3 Å². The molecule has 0 radical (unpaired) electrons. The molecule has 4 rings (SSSR count). The lowest BCUT2D eigenvalue weighted by atomic mass is 10.1. The van der Waals surface area contributed by atoms with Crippen molar-refractivity contribution >= 4 is 34.8 Å². The van der Waals surface area contributed by atoms with Crippen molar-refractivity contribution in [3.63, 3.8) is 0 Å². The Bertz CT molecular complexity index is 1270. The monoisotopic (exact) mass is 448 g/mol. The van der Waals surface area contributed by atoms with Crippen LogP contribution in [0.2, 0.25) is 5.02 Å². The van der Waals surface area contributed by atoms with Gasteiger partial charge >= 0.3 is 0 Å². The van der Waals surface area contributed by atoms with Crippen molar-refractivity contribution in [3.8, 4) is 0 Å². The maximum absolute atomic E-state index is 13.7. The molecular weight excluding hydrogens is 431 g/mol. The number of nitrogens with one attached hydrogen (secondary N) is 2. The van der Waals surface area contributed by atoms with E-state index in [9.17, 15) is 14.0 Å². The fourth-order valence-corrected chi connectivity index (χ4v) is 3.26. The summed E-state index contributed by atoms with van der Waals surface area (Å²) in [5.41, 5.74) is 2.34. The summed E-state index contributed by atoms with van der Waals surface area (Å²) in [4.78, 5) is 28.8. The van der Waals surface area contributed by atoms with Crippen LogP contribution in [-0.4, -0.2) is 21.4 Å². The predicted molar refractivity (Wildman–Crippen MR) is 122 cm³/mol. The molecule has 0 spiro atoms. The van der Waals surface area contributed by atoms with Gasteiger partial charge in [0.15, 0.2) is 0 Å². The number of benzene rings is 3. The molecule has 0 atom stereocenters. The van der Waals surface area contributed by atoms with Crippen LogP contribution < -0.4 is 10.6 Å². The third kappa shape index (κ3) is 5.19. The van der Waals surface area contributed by atoms with E-state index in [1.54, 1.807) is 59.6 Å². The van der Waals surface area contributed by atoms with Gasteiger partial charge in [-0.05, 0) is 48.0 Å². The minimum Gasteiger partial charge on any atom is -0.332 e. The molecular formula is C24H18ClFN4O2. The van der Waals surface area contributed by atoms with E-state index in [1.165, 1.54) is 18.2 Å². The first-order valence-electron chi connectivity index (χ1n) is 9.71. The molecule has 0 fully saturated rings. The lowest BCUT2D eigenvalue weighted by molar-refractivity contribution is 0.101. The van der Waals surface area contributed by atoms with Crippen LogP contribution in [-0.2, 0) is 6.54 Å². The summed E-state index contributed by atoms with van der Waals surface area (Å²) in [5, 5.41) is 5.96. The largest absolute Gasteiger partial charge is 0.332 e. The fraction of sp³-hybridized carbons (Fsp3) is 0.0417. The Morgan fingerprint density at radius 1 is 0.906 bits per heavy atom. The molecule has 0 aliphatic carbocycles. The van der Waals surface area contributed by atoms with E-state index in [1.807, 2.05) is 12.1 Å². The normalized spacial score (nSPS) is 10.6. The van der Waals surface area contributed by atoms with Crippen LogP contribution >= 0.6 is 11.6 Å². The lowest BCUT2D eigenvalue weighted by Crippen LogP contribution is -2.13. The standard InChI is InChI=1S/C24H18ClFN4O2/c25-17-4-3-5-19(12-17)29-24(32)22-14-30(15-27-22)13-16-8-10-18(11-9-16)28-23(31)20-6-1-2-7-21(20)26/h1-12,14-15H,13H2,(H,28,31)(H,29,32). The van der Waals surface area contributed by atoms with Gasteiger partial charge in [-0.2, -0.15) is 0 Å². The molecule has 160 valence electrons. The van der Waals surface area contributed by atoms with Crippen LogP contribution in [0, 0.1) is 5.82 Å². The minimum atomic E-state index is -0.572. The van der Waals surface area contributed by atoms with E-state index in [0.29, 0.717) is 22.9 Å². The van der Waals surface area contributed by atoms with Crippen molar-refractivity contribution in [2.75, 3.05) is 10.6 Å². The number of nitrogens with zero attached hydrogens (tertiary/aromatic N) is 2. The summed E-state index contributed by atoms with van der Waals surface area (Å²) in [6.45, 7) is 0.485. The van der Waals surface area contributed by atoms with Gasteiger partial charge in [0.25, 0.3) is 11.8 Å². The van der Waals surface area contributed by atoms with Crippen LogP contribution in [0.25, 0.3) is 0 Å². The third-order valence-electron chi connectivity index (χ3n) is 4.64. The van der Waals surface area contributed by atoms with Crippen LogP contribution in [0.1, 0.15) is 26.4 Å². The van der Waals surface area contributed by atoms with Crippen molar-refractivity contribution in [3.05, 3.63) is 113 Å². The Morgan fingerprint density at radius 2 is 1.66 bits per heavy atom. The zero-order valence-electron chi connectivity index (χ0n) is 16.8. The van der Waals surface area contributed by atoms with E-state index >= 15 is 0 Å². The van der Waals surface area contributed by atoms with Gasteiger partial charge in [-0.25, -0.2) is 9.37 Å². The zero-order chi connectivity index (χ0) is 22.5. The van der Waals surface area contributed by atoms with E-state index in [0.717, 1.165) is 5.56 Å². The van der Waals surface area contributed by atoms with Gasteiger partial charge < -0.3 is 15.2 Å². The average molecular weight is 449 g/mol. The van der Waals surface area contributed by atoms with Gasteiger partial charge in [-0.15, -0.1) is 0 Å². The van der Waals surface area contributed by atoms with E-state index in [2.05, 4.69) is 15.6 Å². The van der Waals surface area contributed by atoms with Crippen molar-refractivity contribution in [1.29, 1.82) is 0 Å². The smallest absolute Gasteiger partial charge is 0.275 e. The number of rotatable bonds is 6. The number of carbonyl (C=O) groups excluding carboxylic acids is 2. The summed E-state index contributed by atoms with van der Waals surface area (Å²) in [7, 11) is 0. The quantitative estimate of drug-likeness (QED) is 0.424. The van der Waals surface area contributed by atoms with Crippen LogP contribution in [0.5, 0.6) is 0 Å². The molecule has 3 aromatic carbocycles.